The third-order valence-electron chi connectivity index (χ3n) is 4.83. The molecule has 3 rings (SSSR count). The quantitative estimate of drug-likeness (QED) is 0.886. The van der Waals surface area contributed by atoms with Gasteiger partial charge >= 0.3 is 0 Å². The predicted molar refractivity (Wildman–Crippen MR) is 94.7 cm³/mol. The molecule has 0 saturated carbocycles. The van der Waals surface area contributed by atoms with Gasteiger partial charge in [0, 0.05) is 56.6 Å². The lowest BCUT2D eigenvalue weighted by Gasteiger charge is -2.22. The maximum atomic E-state index is 12.2. The van der Waals surface area contributed by atoms with Crippen molar-refractivity contribution in [2.45, 2.75) is 32.6 Å². The van der Waals surface area contributed by atoms with E-state index in [2.05, 4.69) is 17.1 Å². The van der Waals surface area contributed by atoms with Gasteiger partial charge in [-0.15, -0.1) is 0 Å². The van der Waals surface area contributed by atoms with E-state index in [1.54, 1.807) is 11.8 Å². The Bertz CT molecular complexity index is 716. The Labute approximate surface area is 142 Å². The standard InChI is InChI=1S/C19H25N3O2/c1-15(23)21(13-9-19(24)22-10-4-5-11-22)12-8-16-14-20-18-7-3-2-6-17(16)18/h2-3,6-7,14,20H,4-5,8-13H2,1H3. The summed E-state index contributed by atoms with van der Waals surface area (Å²) in [6.07, 6.45) is 5.43. The SMILES string of the molecule is CC(=O)N(CCC(=O)N1CCCC1)CCc1c[nH]c2ccccc12. The lowest BCUT2D eigenvalue weighted by Crippen LogP contribution is -2.36. The van der Waals surface area contributed by atoms with E-state index < -0.39 is 0 Å². The summed E-state index contributed by atoms with van der Waals surface area (Å²) >= 11 is 0. The summed E-state index contributed by atoms with van der Waals surface area (Å²) in [4.78, 5) is 31.0. The molecule has 1 aliphatic rings. The smallest absolute Gasteiger partial charge is 0.224 e. The molecule has 5 nitrogen and oxygen atoms in total. The van der Waals surface area contributed by atoms with Crippen LogP contribution in [0.1, 0.15) is 31.7 Å². The average Bonchev–Trinajstić information content (AvgIpc) is 3.24. The number of amides is 2. The molecule has 2 aromatic rings. The predicted octanol–water partition coefficient (Wildman–Crippen LogP) is 2.57. The molecule has 24 heavy (non-hydrogen) atoms. The Kier molecular flexibility index (Phi) is 5.18. The Hall–Kier alpha value is -2.30. The van der Waals surface area contributed by atoms with E-state index >= 15 is 0 Å². The first-order valence-corrected chi connectivity index (χ1v) is 8.73. The van der Waals surface area contributed by atoms with Gasteiger partial charge in [0.1, 0.15) is 0 Å². The number of H-pyrrole nitrogens is 1. The van der Waals surface area contributed by atoms with Gasteiger partial charge in [0.05, 0.1) is 0 Å². The number of benzene rings is 1. The minimum absolute atomic E-state index is 0.0315. The summed E-state index contributed by atoms with van der Waals surface area (Å²) in [5.74, 6) is 0.204. The largest absolute Gasteiger partial charge is 0.361 e. The van der Waals surface area contributed by atoms with Crippen LogP contribution in [-0.2, 0) is 16.0 Å². The topological polar surface area (TPSA) is 56.4 Å². The van der Waals surface area contributed by atoms with Crippen LogP contribution < -0.4 is 0 Å². The van der Waals surface area contributed by atoms with Crippen molar-refractivity contribution in [3.8, 4) is 0 Å². The summed E-state index contributed by atoms with van der Waals surface area (Å²) in [6.45, 7) is 4.47. The number of aromatic nitrogens is 1. The molecule has 0 radical (unpaired) electrons. The second kappa shape index (κ2) is 7.51. The van der Waals surface area contributed by atoms with Crippen LogP contribution in [0.3, 0.4) is 0 Å². The molecule has 1 aromatic heterocycles. The number of fused-ring (bicyclic) bond motifs is 1. The highest BCUT2D eigenvalue weighted by molar-refractivity contribution is 5.83. The summed E-state index contributed by atoms with van der Waals surface area (Å²) < 4.78 is 0. The molecule has 1 N–H and O–H groups in total. The number of aromatic amines is 1. The Morgan fingerprint density at radius 2 is 1.92 bits per heavy atom. The number of hydrogen-bond donors (Lipinski definition) is 1. The lowest BCUT2D eigenvalue weighted by atomic mass is 10.1. The van der Waals surface area contributed by atoms with Crippen LogP contribution in [0, 0.1) is 0 Å². The van der Waals surface area contributed by atoms with Crippen LogP contribution in [-0.4, -0.2) is 52.8 Å². The molecule has 0 atom stereocenters. The van der Waals surface area contributed by atoms with Crippen molar-refractivity contribution in [1.82, 2.24) is 14.8 Å². The maximum absolute atomic E-state index is 12.2. The number of carbonyl (C=O) groups is 2. The third kappa shape index (κ3) is 3.78. The van der Waals surface area contributed by atoms with E-state index in [-0.39, 0.29) is 11.8 Å². The minimum atomic E-state index is 0.0315. The zero-order valence-corrected chi connectivity index (χ0v) is 14.3. The monoisotopic (exact) mass is 327 g/mol. The second-order valence-corrected chi connectivity index (χ2v) is 6.45. The fraction of sp³-hybridized carbons (Fsp3) is 0.474. The van der Waals surface area contributed by atoms with Crippen LogP contribution in [0.25, 0.3) is 10.9 Å². The fourth-order valence-electron chi connectivity index (χ4n) is 3.38. The van der Waals surface area contributed by atoms with Crippen molar-refractivity contribution in [2.24, 2.45) is 0 Å². The molecular weight excluding hydrogens is 302 g/mol. The van der Waals surface area contributed by atoms with Crippen LogP contribution in [0.2, 0.25) is 0 Å². The van der Waals surface area contributed by atoms with Gasteiger partial charge in [0.25, 0.3) is 0 Å². The van der Waals surface area contributed by atoms with Crippen molar-refractivity contribution < 1.29 is 9.59 Å². The summed E-state index contributed by atoms with van der Waals surface area (Å²) in [5.41, 5.74) is 2.33. The number of para-hydroxylation sites is 1. The van der Waals surface area contributed by atoms with Crippen LogP contribution in [0.4, 0.5) is 0 Å². The van der Waals surface area contributed by atoms with Gasteiger partial charge in [0.2, 0.25) is 11.8 Å². The molecule has 1 aromatic carbocycles. The number of nitrogens with zero attached hydrogens (tertiary/aromatic N) is 2. The van der Waals surface area contributed by atoms with Gasteiger partial charge < -0.3 is 14.8 Å². The maximum Gasteiger partial charge on any atom is 0.224 e. The number of hydrogen-bond acceptors (Lipinski definition) is 2. The van der Waals surface area contributed by atoms with E-state index in [0.717, 1.165) is 37.9 Å². The number of nitrogens with one attached hydrogen (secondary N) is 1. The first kappa shape index (κ1) is 16.6. The zero-order valence-electron chi connectivity index (χ0n) is 14.3. The fourth-order valence-corrected chi connectivity index (χ4v) is 3.38. The molecule has 2 amide bonds. The highest BCUT2D eigenvalue weighted by atomic mass is 16.2. The molecule has 2 heterocycles. The van der Waals surface area contributed by atoms with Crippen molar-refractivity contribution in [1.29, 1.82) is 0 Å². The second-order valence-electron chi connectivity index (χ2n) is 6.45. The van der Waals surface area contributed by atoms with E-state index in [4.69, 9.17) is 0 Å². The first-order chi connectivity index (χ1) is 11.6. The molecule has 1 saturated heterocycles. The molecule has 0 spiro atoms. The highest BCUT2D eigenvalue weighted by Crippen LogP contribution is 2.18. The molecule has 1 aliphatic heterocycles. The van der Waals surface area contributed by atoms with Gasteiger partial charge in [-0.2, -0.15) is 0 Å². The molecule has 0 bridgehead atoms. The summed E-state index contributed by atoms with van der Waals surface area (Å²) in [6, 6.07) is 8.18. The number of rotatable bonds is 6. The Balaban J connectivity index is 1.56. The molecule has 1 fully saturated rings. The molecule has 128 valence electrons. The lowest BCUT2D eigenvalue weighted by molar-refractivity contribution is -0.132. The van der Waals surface area contributed by atoms with Gasteiger partial charge in [-0.25, -0.2) is 0 Å². The molecule has 0 aliphatic carbocycles. The summed E-state index contributed by atoms with van der Waals surface area (Å²) in [5, 5.41) is 1.20. The van der Waals surface area contributed by atoms with E-state index in [1.165, 1.54) is 10.9 Å². The van der Waals surface area contributed by atoms with Gasteiger partial charge in [0.15, 0.2) is 0 Å². The first-order valence-electron chi connectivity index (χ1n) is 8.73. The van der Waals surface area contributed by atoms with Gasteiger partial charge in [-0.1, -0.05) is 18.2 Å². The average molecular weight is 327 g/mol. The van der Waals surface area contributed by atoms with Crippen LogP contribution >= 0.6 is 0 Å². The molecular formula is C19H25N3O2. The summed E-state index contributed by atoms with van der Waals surface area (Å²) in [7, 11) is 0. The van der Waals surface area contributed by atoms with Crippen LogP contribution in [0.15, 0.2) is 30.5 Å². The normalized spacial score (nSPS) is 14.3. The van der Waals surface area contributed by atoms with Crippen molar-refractivity contribution in [3.63, 3.8) is 0 Å². The third-order valence-corrected chi connectivity index (χ3v) is 4.83. The Morgan fingerprint density at radius 1 is 1.17 bits per heavy atom. The number of likely N-dealkylation sites (tertiary alicyclic amines) is 1. The van der Waals surface area contributed by atoms with Gasteiger partial charge in [-0.05, 0) is 30.9 Å². The number of carbonyl (C=O) groups excluding carboxylic acids is 2. The minimum Gasteiger partial charge on any atom is -0.361 e. The molecule has 0 unspecified atom stereocenters. The Morgan fingerprint density at radius 3 is 2.67 bits per heavy atom. The van der Waals surface area contributed by atoms with Gasteiger partial charge in [-0.3, -0.25) is 9.59 Å². The van der Waals surface area contributed by atoms with E-state index in [0.29, 0.717) is 19.5 Å². The highest BCUT2D eigenvalue weighted by Gasteiger charge is 2.19. The molecule has 5 heteroatoms. The zero-order chi connectivity index (χ0) is 16.9. The van der Waals surface area contributed by atoms with E-state index in [9.17, 15) is 9.59 Å². The van der Waals surface area contributed by atoms with Crippen molar-refractivity contribution in [2.75, 3.05) is 26.2 Å². The van der Waals surface area contributed by atoms with Crippen molar-refractivity contribution >= 4 is 22.7 Å². The van der Waals surface area contributed by atoms with E-state index in [1.807, 2.05) is 23.2 Å². The van der Waals surface area contributed by atoms with Crippen LogP contribution in [0.5, 0.6) is 0 Å². The van der Waals surface area contributed by atoms with Crippen molar-refractivity contribution in [3.05, 3.63) is 36.0 Å².